The van der Waals surface area contributed by atoms with Gasteiger partial charge in [0.25, 0.3) is 0 Å². The number of hydrogen-bond donors (Lipinski definition) is 17. The van der Waals surface area contributed by atoms with E-state index in [0.717, 1.165) is 5.56 Å². The number of nitrogens with one attached hydrogen (secondary N) is 5. The molecule has 17 atom stereocenters. The van der Waals surface area contributed by atoms with Crippen molar-refractivity contribution in [1.82, 2.24) is 31.5 Å². The number of hydrogen-bond acceptors (Lipinski definition) is 27. The highest BCUT2D eigenvalue weighted by atomic mass is 16.7. The van der Waals surface area contributed by atoms with E-state index in [1.807, 2.05) is 0 Å². The van der Waals surface area contributed by atoms with Crippen LogP contribution in [-0.2, 0) is 75.1 Å². The maximum atomic E-state index is 14.3. The van der Waals surface area contributed by atoms with Crippen LogP contribution in [0.25, 0.3) is 0 Å². The van der Waals surface area contributed by atoms with Gasteiger partial charge in [0.1, 0.15) is 92.5 Å². The summed E-state index contributed by atoms with van der Waals surface area (Å²) in [4.78, 5) is 82.4. The highest BCUT2D eigenvalue weighted by Gasteiger charge is 2.46. The Labute approximate surface area is 494 Å². The van der Waals surface area contributed by atoms with Crippen molar-refractivity contribution >= 4 is 35.7 Å². The molecule has 0 spiro atoms. The molecule has 2 aromatic rings. The number of esters is 1. The first-order chi connectivity index (χ1) is 41.3. The van der Waals surface area contributed by atoms with E-state index in [9.17, 15) is 90.0 Å². The smallest absolute Gasteiger partial charge is 0.408 e. The van der Waals surface area contributed by atoms with Crippen LogP contribution in [0.4, 0.5) is 4.79 Å². The van der Waals surface area contributed by atoms with Crippen LogP contribution in [0.3, 0.4) is 0 Å². The number of carbonyl (C=O) groups excluding carboxylic acids is 6. The summed E-state index contributed by atoms with van der Waals surface area (Å²) >= 11 is 0. The Kier molecular flexibility index (Phi) is 30.7. The van der Waals surface area contributed by atoms with Gasteiger partial charge in [-0.3, -0.25) is 28.9 Å². The van der Waals surface area contributed by atoms with Gasteiger partial charge >= 0.3 is 12.1 Å². The van der Waals surface area contributed by atoms with Gasteiger partial charge in [0, 0.05) is 32.6 Å². The van der Waals surface area contributed by atoms with Gasteiger partial charge < -0.3 is 126 Å². The molecule has 0 bridgehead atoms. The second-order valence-electron chi connectivity index (χ2n) is 20.3. The lowest BCUT2D eigenvalue weighted by Crippen LogP contribution is -2.59. The van der Waals surface area contributed by atoms with Gasteiger partial charge in [0.05, 0.1) is 58.8 Å². The third kappa shape index (κ3) is 22.5. The maximum Gasteiger partial charge on any atom is 0.408 e. The first-order valence-electron chi connectivity index (χ1n) is 28.0. The number of aliphatic hydroxyl groups is 12. The van der Waals surface area contributed by atoms with Crippen LogP contribution < -0.4 is 26.6 Å². The minimum Gasteiger partial charge on any atom is -0.461 e. The number of amides is 5. The van der Waals surface area contributed by atoms with E-state index in [1.54, 1.807) is 60.7 Å². The average Bonchev–Trinajstić information content (AvgIpc) is 3.25. The quantitative estimate of drug-likeness (QED) is 0.0225. The molecule has 0 radical (unpaired) electrons. The van der Waals surface area contributed by atoms with E-state index in [1.165, 1.54) is 4.90 Å². The number of benzene rings is 2. The Morgan fingerprint density at radius 1 is 0.477 bits per heavy atom. The summed E-state index contributed by atoms with van der Waals surface area (Å²) in [7, 11) is 0. The third-order valence-electron chi connectivity index (χ3n) is 14.0. The lowest BCUT2D eigenvalue weighted by molar-refractivity contribution is -0.300. The van der Waals surface area contributed by atoms with Crippen LogP contribution >= 0.6 is 0 Å². The normalized spacial score (nSPS) is 28.1. The van der Waals surface area contributed by atoms with E-state index in [4.69, 9.17) is 37.9 Å². The van der Waals surface area contributed by atoms with Crippen LogP contribution in [-0.4, -0.2) is 285 Å². The molecule has 32 heteroatoms. The molecule has 3 aliphatic heterocycles. The van der Waals surface area contributed by atoms with Crippen LogP contribution in [0.15, 0.2) is 60.7 Å². The average molecular weight is 1230 g/mol. The van der Waals surface area contributed by atoms with Crippen LogP contribution in [0.1, 0.15) is 43.2 Å². The molecular weight excluding hydrogens is 1150 g/mol. The van der Waals surface area contributed by atoms with Gasteiger partial charge in [0.2, 0.25) is 23.6 Å². The molecule has 5 amide bonds. The number of carbonyl (C=O) groups is 6. The number of alkyl carbamates (subject to hydrolysis) is 1. The standard InChI is InChI=1S/C54H82N6O26/c61-25-34-40(67)43(70)46(73)51(84-34)79-20-17-55-37(64)23-60(24-38(65)56-18-21-80-52-47(74)44(71)41(68)35(26-62)85-52)33(50(77)58-19-22-81-53-48(75)45(72)42(69)36(27-63)86-53)13-7-8-16-57-49(76)32(59-54(78)83-29-31-11-5-2-6-12-31)14-15-39(66)82-28-30-9-3-1-4-10-30/h1-6,9-12,32-36,40-48,51-53,61-63,67-75H,7-8,13-29H2,(H,55,64)(H,56,65)(H,57,76)(H,58,77)(H,59,78)/t32-,33-,34+,35+,36+,40+,41+,42+,43-,44-,45-,46-,47-,48-,51-,52-,53-/m0/s1. The first-order valence-corrected chi connectivity index (χ1v) is 28.0. The predicted octanol–water partition coefficient (Wildman–Crippen LogP) is -7.44. The summed E-state index contributed by atoms with van der Waals surface area (Å²) in [5, 5.41) is 134. The minimum absolute atomic E-state index is 0.0300. The largest absolute Gasteiger partial charge is 0.461 e. The van der Waals surface area contributed by atoms with Crippen molar-refractivity contribution in [2.45, 2.75) is 150 Å². The Morgan fingerprint density at radius 2 is 0.884 bits per heavy atom. The summed E-state index contributed by atoms with van der Waals surface area (Å²) in [6.45, 7) is -5.79. The summed E-state index contributed by atoms with van der Waals surface area (Å²) in [5.74, 6) is -3.72. The second-order valence-corrected chi connectivity index (χ2v) is 20.3. The van der Waals surface area contributed by atoms with Crippen molar-refractivity contribution in [2.75, 3.05) is 78.9 Å². The summed E-state index contributed by atoms with van der Waals surface area (Å²) in [6.07, 6.45) is -25.3. The lowest BCUT2D eigenvalue weighted by atomic mass is 9.99. The zero-order valence-corrected chi connectivity index (χ0v) is 47.1. The Bertz CT molecular complexity index is 2290. The fraction of sp³-hybridized carbons (Fsp3) is 0.667. The third-order valence-corrected chi connectivity index (χ3v) is 14.0. The predicted molar refractivity (Wildman–Crippen MR) is 289 cm³/mol. The van der Waals surface area contributed by atoms with Crippen molar-refractivity contribution in [3.05, 3.63) is 71.8 Å². The summed E-state index contributed by atoms with van der Waals surface area (Å²) in [5.41, 5.74) is 1.39. The highest BCUT2D eigenvalue weighted by Crippen LogP contribution is 2.24. The molecule has 3 heterocycles. The zero-order valence-electron chi connectivity index (χ0n) is 47.1. The monoisotopic (exact) mass is 1230 g/mol. The van der Waals surface area contributed by atoms with Crippen LogP contribution in [0.2, 0.25) is 0 Å². The van der Waals surface area contributed by atoms with Crippen molar-refractivity contribution in [3.63, 3.8) is 0 Å². The molecule has 5 rings (SSSR count). The van der Waals surface area contributed by atoms with Gasteiger partial charge in [0.15, 0.2) is 18.9 Å². The maximum absolute atomic E-state index is 14.3. The fourth-order valence-electron chi connectivity index (χ4n) is 9.10. The first kappa shape index (κ1) is 71.1. The van der Waals surface area contributed by atoms with E-state index >= 15 is 0 Å². The van der Waals surface area contributed by atoms with Crippen molar-refractivity contribution in [3.8, 4) is 0 Å². The van der Waals surface area contributed by atoms with Gasteiger partial charge in [-0.1, -0.05) is 60.7 Å². The van der Waals surface area contributed by atoms with Crippen LogP contribution in [0, 0.1) is 0 Å². The Morgan fingerprint density at radius 3 is 1.31 bits per heavy atom. The van der Waals surface area contributed by atoms with E-state index in [2.05, 4.69) is 26.6 Å². The lowest BCUT2D eigenvalue weighted by Gasteiger charge is -2.39. The SMILES string of the molecule is O=C(CN(CC(=O)NCCO[C@H]1O[C@H](CO)[C@@H](O)[C@H](O)[C@@H]1O)[C@@H](CCCCNC(=O)[C@H](CCC(=O)OCc1ccccc1)NC(=O)OCc1ccccc1)C(=O)NCCO[C@H]1O[C@H](CO)[C@@H](O)[C@H](O)[C@@H]1O)NCCO[C@H]1O[C@H](CO)[C@@H](O)[C@H](O)[C@@H]1O. The number of aliphatic hydroxyl groups excluding tert-OH is 12. The van der Waals surface area contributed by atoms with Crippen molar-refractivity contribution in [2.24, 2.45) is 0 Å². The van der Waals surface area contributed by atoms with Gasteiger partial charge in [-0.15, -0.1) is 0 Å². The fourth-order valence-corrected chi connectivity index (χ4v) is 9.10. The number of nitrogens with zero attached hydrogens (tertiary/aromatic N) is 1. The van der Waals surface area contributed by atoms with E-state index < -0.39 is 179 Å². The van der Waals surface area contributed by atoms with Gasteiger partial charge in [-0.05, 0) is 36.8 Å². The van der Waals surface area contributed by atoms with E-state index in [-0.39, 0.29) is 84.7 Å². The molecule has 17 N–H and O–H groups in total. The molecule has 3 aliphatic rings. The topological polar surface area (TPSA) is 482 Å². The van der Waals surface area contributed by atoms with Crippen LogP contribution in [0.5, 0.6) is 0 Å². The van der Waals surface area contributed by atoms with Gasteiger partial charge in [-0.2, -0.15) is 0 Å². The number of rotatable bonds is 35. The highest BCUT2D eigenvalue weighted by molar-refractivity contribution is 5.87. The van der Waals surface area contributed by atoms with E-state index in [0.29, 0.717) is 5.56 Å². The minimum atomic E-state index is -1.77. The van der Waals surface area contributed by atoms with Crippen molar-refractivity contribution in [1.29, 1.82) is 0 Å². The molecule has 86 heavy (non-hydrogen) atoms. The summed E-state index contributed by atoms with van der Waals surface area (Å²) < 4.78 is 43.2. The molecular formula is C54H82N6O26. The number of ether oxygens (including phenoxy) is 8. The molecule has 3 fully saturated rings. The van der Waals surface area contributed by atoms with Crippen molar-refractivity contribution < 1.29 is 128 Å². The molecule has 2 aromatic carbocycles. The molecule has 0 aromatic heterocycles. The molecule has 32 nitrogen and oxygen atoms in total. The Balaban J connectivity index is 1.28. The molecule has 484 valence electrons. The second kappa shape index (κ2) is 37.2. The zero-order chi connectivity index (χ0) is 62.7. The Hall–Kier alpha value is -5.70. The summed E-state index contributed by atoms with van der Waals surface area (Å²) in [6, 6.07) is 14.9. The molecule has 0 unspecified atom stereocenters. The molecule has 3 saturated heterocycles. The van der Waals surface area contributed by atoms with Gasteiger partial charge in [-0.25, -0.2) is 4.79 Å². The number of unbranched alkanes of at least 4 members (excludes halogenated alkanes) is 1. The molecule has 0 saturated carbocycles. The molecule has 0 aliphatic carbocycles.